The van der Waals surface area contributed by atoms with Gasteiger partial charge in [-0.15, -0.1) is 28.2 Å². The maximum atomic E-state index is 14.5. The number of rotatable bonds is 16. The molecule has 5 aromatic rings. The second-order valence-electron chi connectivity index (χ2n) is 18.5. The number of amides is 4. The van der Waals surface area contributed by atoms with Crippen molar-refractivity contribution in [3.63, 3.8) is 0 Å². The van der Waals surface area contributed by atoms with Crippen LogP contribution in [0.2, 0.25) is 0 Å². The van der Waals surface area contributed by atoms with Gasteiger partial charge in [0.15, 0.2) is 5.13 Å². The van der Waals surface area contributed by atoms with Crippen molar-refractivity contribution in [1.82, 2.24) is 54.4 Å². The van der Waals surface area contributed by atoms with Gasteiger partial charge in [-0.3, -0.25) is 24.7 Å². The first kappa shape index (κ1) is 49.1. The molecule has 70 heavy (non-hydrogen) atoms. The van der Waals surface area contributed by atoms with Gasteiger partial charge in [0.25, 0.3) is 0 Å². The van der Waals surface area contributed by atoms with Crippen molar-refractivity contribution in [2.45, 2.75) is 81.4 Å². The second kappa shape index (κ2) is 22.0. The number of nitrogens with zero attached hydrogens (tertiary/aromatic N) is 10. The number of piperazine rings is 1. The molecule has 2 aromatic carbocycles. The van der Waals surface area contributed by atoms with Crippen molar-refractivity contribution < 1.29 is 29.0 Å². The lowest BCUT2D eigenvalue weighted by Crippen LogP contribution is -2.59. The molecule has 3 aromatic heterocycles. The number of piperidine rings is 1. The van der Waals surface area contributed by atoms with E-state index in [4.69, 9.17) is 9.47 Å². The van der Waals surface area contributed by atoms with Crippen LogP contribution in [0.15, 0.2) is 70.1 Å². The highest BCUT2D eigenvalue weighted by Crippen LogP contribution is 2.39. The number of thioether (sulfide) groups is 1. The molecule has 0 saturated carbocycles. The van der Waals surface area contributed by atoms with E-state index in [1.165, 1.54) is 29.3 Å². The lowest BCUT2D eigenvalue weighted by atomic mass is 9.87. The molecule has 372 valence electrons. The van der Waals surface area contributed by atoms with Crippen LogP contribution in [0.4, 0.5) is 15.6 Å². The molecule has 3 saturated heterocycles. The number of aromatic nitrogens is 6. The average molecular weight is 996 g/mol. The lowest BCUT2D eigenvalue weighted by Gasteiger charge is -2.48. The van der Waals surface area contributed by atoms with Crippen LogP contribution in [0, 0.1) is 6.92 Å². The van der Waals surface area contributed by atoms with Gasteiger partial charge in [-0.1, -0.05) is 11.3 Å². The summed E-state index contributed by atoms with van der Waals surface area (Å²) in [6.45, 7) is 11.0. The zero-order valence-electron chi connectivity index (χ0n) is 40.0. The number of ether oxygens (including phenoxy) is 2. The largest absolute Gasteiger partial charge is 0.497 e. The van der Waals surface area contributed by atoms with Gasteiger partial charge < -0.3 is 39.6 Å². The number of nitrogens with one attached hydrogen (secondary N) is 3. The zero-order valence-corrected chi connectivity index (χ0v) is 41.6. The number of aliphatic hydroxyl groups is 1. The number of carbonyl (C=O) groups is 3. The Kier molecular flexibility index (Phi) is 15.4. The van der Waals surface area contributed by atoms with Crippen molar-refractivity contribution in [1.29, 1.82) is 0 Å². The van der Waals surface area contributed by atoms with Crippen molar-refractivity contribution in [3.8, 4) is 11.5 Å². The lowest BCUT2D eigenvalue weighted by molar-refractivity contribution is -0.146. The molecule has 3 atom stereocenters. The summed E-state index contributed by atoms with van der Waals surface area (Å²) in [4.78, 5) is 73.2. The number of anilines is 2. The Morgan fingerprint density at radius 2 is 1.76 bits per heavy atom. The van der Waals surface area contributed by atoms with Crippen LogP contribution >= 0.6 is 23.1 Å². The molecule has 4 N–H and O–H groups in total. The first-order chi connectivity index (χ1) is 33.9. The molecule has 3 fully saturated rings. The summed E-state index contributed by atoms with van der Waals surface area (Å²) in [7, 11) is 3.69. The zero-order chi connectivity index (χ0) is 48.9. The number of carbonyl (C=O) groups excluding carboxylic acids is 3. The van der Waals surface area contributed by atoms with Gasteiger partial charge in [-0.2, -0.15) is 0 Å². The third-order valence-electron chi connectivity index (χ3n) is 13.8. The van der Waals surface area contributed by atoms with Crippen LogP contribution in [0.3, 0.4) is 0 Å². The van der Waals surface area contributed by atoms with Crippen LogP contribution in [0.5, 0.6) is 11.5 Å². The van der Waals surface area contributed by atoms with Gasteiger partial charge in [-0.25, -0.2) is 24.2 Å². The first-order valence-corrected chi connectivity index (χ1v) is 25.7. The Hall–Kier alpha value is -5.91. The number of likely N-dealkylation sites (N-methyl/N-ethyl adjacent to an activating group) is 1. The van der Waals surface area contributed by atoms with E-state index in [1.54, 1.807) is 41.4 Å². The van der Waals surface area contributed by atoms with Gasteiger partial charge in [0.1, 0.15) is 24.3 Å². The summed E-state index contributed by atoms with van der Waals surface area (Å²) >= 11 is 2.63. The monoisotopic (exact) mass is 995 g/mol. The fraction of sp³-hybridized carbons (Fsp3) is 0.500. The third-order valence-corrected chi connectivity index (χ3v) is 15.8. The van der Waals surface area contributed by atoms with Crippen molar-refractivity contribution in [2.24, 2.45) is 0 Å². The minimum Gasteiger partial charge on any atom is -0.497 e. The molecular formula is C48H61N13O7S2. The summed E-state index contributed by atoms with van der Waals surface area (Å²) in [5.74, 6) is 1.99. The number of hydrogen-bond acceptors (Lipinski definition) is 16. The van der Waals surface area contributed by atoms with Gasteiger partial charge >= 0.3 is 11.7 Å². The number of methoxy groups -OCH3 is 1. The highest BCUT2D eigenvalue weighted by atomic mass is 32.2. The highest BCUT2D eigenvalue weighted by molar-refractivity contribution is 7.99. The summed E-state index contributed by atoms with van der Waals surface area (Å²) in [5, 5.41) is 29.0. The smallest absolute Gasteiger partial charge is 0.345 e. The molecule has 7 heterocycles. The molecule has 4 aliphatic rings. The van der Waals surface area contributed by atoms with E-state index in [9.17, 15) is 24.3 Å². The number of urea groups is 1. The normalized spacial score (nSPS) is 19.8. The molecule has 1 unspecified atom stereocenters. The molecule has 0 bridgehead atoms. The summed E-state index contributed by atoms with van der Waals surface area (Å²) in [6, 6.07) is 12.2. The van der Waals surface area contributed by atoms with E-state index in [2.05, 4.69) is 45.7 Å². The number of thiazole rings is 1. The number of aromatic amines is 1. The molecule has 4 amide bonds. The van der Waals surface area contributed by atoms with Gasteiger partial charge in [0, 0.05) is 99.6 Å². The minimum atomic E-state index is -0.950. The van der Waals surface area contributed by atoms with Crippen LogP contribution in [0.25, 0.3) is 0 Å². The summed E-state index contributed by atoms with van der Waals surface area (Å²) < 4.78 is 13.3. The number of hydrogen-bond donors (Lipinski definition) is 4. The van der Waals surface area contributed by atoms with Crippen LogP contribution in [-0.2, 0) is 29.0 Å². The molecule has 0 spiro atoms. The van der Waals surface area contributed by atoms with E-state index < -0.39 is 24.0 Å². The number of aliphatic hydroxyl groups excluding tert-OH is 1. The SMILES string of the molecule is COc1ccc2c(c1)C[C@@H](C(=O)N1CCC(N3CC(c4cn(CCOc5ccc(NC(=O)Nc6nc(CC(=O)N7CCN(C)CC7)cs6)cc5)nn4)C3)CC1)N(C(O)CSc1[nH]c(=O)ncc1C)[C@H]2C. The first-order valence-electron chi connectivity index (χ1n) is 23.8. The van der Waals surface area contributed by atoms with E-state index in [-0.39, 0.29) is 35.9 Å². The molecule has 4 aliphatic heterocycles. The van der Waals surface area contributed by atoms with Gasteiger partial charge in [0.05, 0.1) is 42.5 Å². The fourth-order valence-electron chi connectivity index (χ4n) is 9.74. The van der Waals surface area contributed by atoms with Gasteiger partial charge in [-0.05, 0) is 93.2 Å². The average Bonchev–Trinajstić information content (AvgIpc) is 4.00. The standard InChI is InChI=1S/C48H61N13O7S2/c1-30-24-49-46(65)52-44(30)69-29-43(63)61-31(2)39-10-9-38(67-4)21-32(39)22-41(61)45(64)58-13-11-36(12-14-58)59-25-33(26-59)40-27-60(55-54-40)19-20-68-37-7-5-34(6-8-37)50-47(66)53-48-51-35(28-70-48)23-42(62)57-17-15-56(3)16-18-57/h5-10,21,24,27-28,31,33,36,41,43,63H,11-20,22-23,25-26,29H2,1-4H3,(H,49,52,65)(H2,50,51,53,66)/t31-,41-,43?/m0/s1. The predicted octanol–water partition coefficient (Wildman–Crippen LogP) is 3.66. The van der Waals surface area contributed by atoms with Crippen LogP contribution in [0.1, 0.15) is 59.8 Å². The third kappa shape index (κ3) is 11.6. The van der Waals surface area contributed by atoms with Crippen molar-refractivity contribution in [3.05, 3.63) is 98.8 Å². The molecule has 9 rings (SSSR count). The number of benzene rings is 2. The highest BCUT2D eigenvalue weighted by Gasteiger charge is 2.43. The number of H-pyrrole nitrogens is 1. The number of fused-ring (bicyclic) bond motifs is 1. The minimum absolute atomic E-state index is 0.0162. The Bertz CT molecular complexity index is 2680. The van der Waals surface area contributed by atoms with Crippen molar-refractivity contribution in [2.75, 3.05) is 89.5 Å². The van der Waals surface area contributed by atoms with Crippen LogP contribution in [-0.4, -0.2) is 175 Å². The van der Waals surface area contributed by atoms with Crippen LogP contribution < -0.4 is 25.8 Å². The Morgan fingerprint density at radius 1 is 1.00 bits per heavy atom. The summed E-state index contributed by atoms with van der Waals surface area (Å²) in [5.41, 5.74) is 4.66. The molecular weight excluding hydrogens is 935 g/mol. The van der Waals surface area contributed by atoms with E-state index in [1.807, 2.05) is 60.0 Å². The molecule has 0 aliphatic carbocycles. The second-order valence-corrected chi connectivity index (χ2v) is 20.4. The Morgan fingerprint density at radius 3 is 2.51 bits per heavy atom. The topological polar surface area (TPSA) is 220 Å². The van der Waals surface area contributed by atoms with E-state index in [0.717, 1.165) is 67.2 Å². The number of aryl methyl sites for hydroxylation is 1. The maximum absolute atomic E-state index is 14.5. The molecule has 20 nitrogen and oxygen atoms in total. The quantitative estimate of drug-likeness (QED) is 0.0819. The van der Waals surface area contributed by atoms with Gasteiger partial charge in [0.2, 0.25) is 11.8 Å². The maximum Gasteiger partial charge on any atom is 0.345 e. The van der Waals surface area contributed by atoms with E-state index >= 15 is 0 Å². The van der Waals surface area contributed by atoms with Crippen molar-refractivity contribution >= 4 is 51.8 Å². The Labute approximate surface area is 414 Å². The summed E-state index contributed by atoms with van der Waals surface area (Å²) in [6.07, 6.45) is 4.96. The molecule has 0 radical (unpaired) electrons. The van der Waals surface area contributed by atoms with E-state index in [0.29, 0.717) is 79.1 Å². The fourth-order valence-corrected chi connectivity index (χ4v) is 11.4. The number of likely N-dealkylation sites (tertiary alicyclic amines) is 2. The Balaban J connectivity index is 0.699. The predicted molar refractivity (Wildman–Crippen MR) is 265 cm³/mol. The molecule has 22 heteroatoms.